The maximum absolute atomic E-state index is 12.8. The lowest BCUT2D eigenvalue weighted by molar-refractivity contribution is -0.116. The van der Waals surface area contributed by atoms with Gasteiger partial charge in [-0.2, -0.15) is 4.31 Å². The second-order valence-electron chi connectivity index (χ2n) is 5.69. The van der Waals surface area contributed by atoms with Crippen molar-refractivity contribution in [3.8, 4) is 0 Å². The second kappa shape index (κ2) is 10.7. The van der Waals surface area contributed by atoms with E-state index in [0.717, 1.165) is 0 Å². The Balaban J connectivity index is 0.00000338. The lowest BCUT2D eigenvalue weighted by Crippen LogP contribution is -2.40. The number of carbonyl (C=O) groups excluding carboxylic acids is 1. The molecule has 0 unspecified atom stereocenters. The van der Waals surface area contributed by atoms with Gasteiger partial charge in [-0.3, -0.25) is 4.79 Å². The Bertz CT molecular complexity index is 693. The number of rotatable bonds is 8. The number of nitrogens with one attached hydrogen (secondary N) is 2. The monoisotopic (exact) mass is 406 g/mol. The summed E-state index contributed by atoms with van der Waals surface area (Å²) in [6.07, 6.45) is 0.872. The predicted molar refractivity (Wildman–Crippen MR) is 104 cm³/mol. The van der Waals surface area contributed by atoms with Gasteiger partial charge in [-0.15, -0.1) is 12.4 Å². The molecule has 1 amide bonds. The maximum Gasteiger partial charge on any atom is 0.243 e. The Morgan fingerprint density at radius 1 is 1.27 bits per heavy atom. The zero-order chi connectivity index (χ0) is 18.3. The molecule has 0 spiro atoms. The van der Waals surface area contributed by atoms with Gasteiger partial charge in [0.15, 0.2) is 0 Å². The Kier molecular flexibility index (Phi) is 9.31. The molecule has 0 saturated carbocycles. The quantitative estimate of drug-likeness (QED) is 0.598. The highest BCUT2D eigenvalue weighted by Gasteiger charge is 2.27. The smallest absolute Gasteiger partial charge is 0.243 e. The first-order chi connectivity index (χ1) is 12.0. The van der Waals surface area contributed by atoms with Gasteiger partial charge in [-0.25, -0.2) is 8.42 Å². The van der Waals surface area contributed by atoms with Crippen molar-refractivity contribution in [1.82, 2.24) is 4.31 Å². The minimum absolute atomic E-state index is 0. The highest BCUT2D eigenvalue weighted by molar-refractivity contribution is 7.89. The highest BCUT2D eigenvalue weighted by Crippen LogP contribution is 2.28. The number of benzene rings is 1. The van der Waals surface area contributed by atoms with Crippen LogP contribution in [-0.2, 0) is 19.6 Å². The molecule has 148 valence electrons. The van der Waals surface area contributed by atoms with Crippen LogP contribution >= 0.6 is 12.4 Å². The summed E-state index contributed by atoms with van der Waals surface area (Å²) in [5.74, 6) is -0.189. The normalized spacial score (nSPS) is 15.2. The van der Waals surface area contributed by atoms with Crippen LogP contribution in [0, 0.1) is 0 Å². The molecule has 1 saturated heterocycles. The molecule has 1 heterocycles. The molecule has 1 aromatic carbocycles. The Morgan fingerprint density at radius 2 is 1.96 bits per heavy atom. The highest BCUT2D eigenvalue weighted by atomic mass is 35.5. The molecule has 10 heteroatoms. The lowest BCUT2D eigenvalue weighted by Gasteiger charge is -2.26. The summed E-state index contributed by atoms with van der Waals surface area (Å²) in [6, 6.07) is 4.73. The second-order valence-corrected chi connectivity index (χ2v) is 7.63. The number of ether oxygens (including phenoxy) is 1. The summed E-state index contributed by atoms with van der Waals surface area (Å²) in [4.78, 5) is 12.2. The molecular formula is C16H27ClN4O4S. The van der Waals surface area contributed by atoms with E-state index in [1.165, 1.54) is 10.4 Å². The van der Waals surface area contributed by atoms with Crippen LogP contribution in [0.15, 0.2) is 23.1 Å². The van der Waals surface area contributed by atoms with Crippen LogP contribution in [0.5, 0.6) is 0 Å². The van der Waals surface area contributed by atoms with Gasteiger partial charge < -0.3 is 21.1 Å². The summed E-state index contributed by atoms with van der Waals surface area (Å²) < 4.78 is 32.2. The van der Waals surface area contributed by atoms with E-state index >= 15 is 0 Å². The third kappa shape index (κ3) is 5.82. The number of sulfonamides is 1. The van der Waals surface area contributed by atoms with Crippen LogP contribution < -0.4 is 16.4 Å². The number of morpholine rings is 1. The molecule has 8 nitrogen and oxygen atoms in total. The van der Waals surface area contributed by atoms with Crippen LogP contribution in [0.2, 0.25) is 0 Å². The zero-order valence-corrected chi connectivity index (χ0v) is 16.5. The first-order valence-corrected chi connectivity index (χ1v) is 9.88. The van der Waals surface area contributed by atoms with Crippen molar-refractivity contribution < 1.29 is 17.9 Å². The van der Waals surface area contributed by atoms with Crippen molar-refractivity contribution in [2.45, 2.75) is 24.7 Å². The standard InChI is InChI=1S/C16H26N4O4S.ClH/c1-2-18-14-6-5-13(12-15(14)19-16(21)4-3-7-17)25(22,23)20-8-10-24-11-9-20;/h5-6,12,18H,2-4,7-11,17H2,1H3,(H,19,21);1H. The number of hydrogen-bond donors (Lipinski definition) is 3. The molecule has 0 aromatic heterocycles. The predicted octanol–water partition coefficient (Wildman–Crippen LogP) is 1.24. The molecule has 1 fully saturated rings. The fourth-order valence-electron chi connectivity index (χ4n) is 2.54. The maximum atomic E-state index is 12.8. The largest absolute Gasteiger partial charge is 0.384 e. The van der Waals surface area contributed by atoms with Crippen LogP contribution in [0.3, 0.4) is 0 Å². The van der Waals surface area contributed by atoms with Gasteiger partial charge >= 0.3 is 0 Å². The van der Waals surface area contributed by atoms with E-state index in [2.05, 4.69) is 10.6 Å². The minimum Gasteiger partial charge on any atom is -0.384 e. The van der Waals surface area contributed by atoms with Gasteiger partial charge in [0.2, 0.25) is 15.9 Å². The summed E-state index contributed by atoms with van der Waals surface area (Å²) in [6.45, 7) is 4.44. The molecule has 4 N–H and O–H groups in total. The van der Waals surface area contributed by atoms with E-state index in [9.17, 15) is 13.2 Å². The summed E-state index contributed by atoms with van der Waals surface area (Å²) in [5, 5.41) is 5.91. The van der Waals surface area contributed by atoms with Gasteiger partial charge in [0.25, 0.3) is 0 Å². The van der Waals surface area contributed by atoms with Crippen molar-refractivity contribution >= 4 is 39.7 Å². The van der Waals surface area contributed by atoms with Crippen molar-refractivity contribution in [2.75, 3.05) is 50.0 Å². The third-order valence-electron chi connectivity index (χ3n) is 3.85. The number of nitrogens with two attached hydrogens (primary N) is 1. The molecule has 0 atom stereocenters. The number of carbonyl (C=O) groups is 1. The van der Waals surface area contributed by atoms with E-state index in [1.54, 1.807) is 12.1 Å². The summed E-state index contributed by atoms with van der Waals surface area (Å²) >= 11 is 0. The molecule has 0 aliphatic carbocycles. The first-order valence-electron chi connectivity index (χ1n) is 8.44. The van der Waals surface area contributed by atoms with Crippen molar-refractivity contribution in [3.63, 3.8) is 0 Å². The SMILES string of the molecule is CCNc1ccc(S(=O)(=O)N2CCOCC2)cc1NC(=O)CCCN.Cl. The van der Waals surface area contributed by atoms with Gasteiger partial charge in [-0.05, 0) is 38.1 Å². The topological polar surface area (TPSA) is 114 Å². The van der Waals surface area contributed by atoms with Gasteiger partial charge in [0.05, 0.1) is 29.5 Å². The van der Waals surface area contributed by atoms with Gasteiger partial charge in [-0.1, -0.05) is 0 Å². The fourth-order valence-corrected chi connectivity index (χ4v) is 3.98. The molecule has 1 aliphatic rings. The van der Waals surface area contributed by atoms with Crippen LogP contribution in [0.1, 0.15) is 19.8 Å². The Morgan fingerprint density at radius 3 is 2.58 bits per heavy atom. The molecule has 0 bridgehead atoms. The van der Waals surface area contributed by atoms with E-state index in [1.807, 2.05) is 6.92 Å². The van der Waals surface area contributed by atoms with E-state index < -0.39 is 10.0 Å². The lowest BCUT2D eigenvalue weighted by atomic mass is 10.2. The number of hydrogen-bond acceptors (Lipinski definition) is 6. The van der Waals surface area contributed by atoms with E-state index in [4.69, 9.17) is 10.5 Å². The van der Waals surface area contributed by atoms with E-state index in [0.29, 0.717) is 63.6 Å². The molecule has 1 aromatic rings. The Hall–Kier alpha value is -1.39. The van der Waals surface area contributed by atoms with Crippen LogP contribution in [0.25, 0.3) is 0 Å². The number of amides is 1. The summed E-state index contributed by atoms with van der Waals surface area (Å²) in [7, 11) is -3.61. The minimum atomic E-state index is -3.61. The van der Waals surface area contributed by atoms with Crippen molar-refractivity contribution in [1.29, 1.82) is 0 Å². The molecule has 2 rings (SSSR count). The molecule has 1 aliphatic heterocycles. The molecule has 0 radical (unpaired) electrons. The van der Waals surface area contributed by atoms with Gasteiger partial charge in [0.1, 0.15) is 0 Å². The van der Waals surface area contributed by atoms with Crippen molar-refractivity contribution in [3.05, 3.63) is 18.2 Å². The third-order valence-corrected chi connectivity index (χ3v) is 5.74. The molecular weight excluding hydrogens is 380 g/mol. The number of nitrogens with zero attached hydrogens (tertiary/aromatic N) is 1. The molecule has 26 heavy (non-hydrogen) atoms. The van der Waals surface area contributed by atoms with Crippen LogP contribution in [-0.4, -0.2) is 58.0 Å². The zero-order valence-electron chi connectivity index (χ0n) is 14.9. The number of halogens is 1. The van der Waals surface area contributed by atoms with Gasteiger partial charge in [0, 0.05) is 26.1 Å². The van der Waals surface area contributed by atoms with Crippen LogP contribution in [0.4, 0.5) is 11.4 Å². The fraction of sp³-hybridized carbons (Fsp3) is 0.562. The average Bonchev–Trinajstić information content (AvgIpc) is 2.62. The Labute approximate surface area is 160 Å². The number of anilines is 2. The van der Waals surface area contributed by atoms with E-state index in [-0.39, 0.29) is 23.2 Å². The summed E-state index contributed by atoms with van der Waals surface area (Å²) in [5.41, 5.74) is 6.57. The first kappa shape index (κ1) is 22.7. The van der Waals surface area contributed by atoms with Crippen molar-refractivity contribution in [2.24, 2.45) is 5.73 Å². The average molecular weight is 407 g/mol.